The largest absolute Gasteiger partial charge is 0.365 e. The Kier molecular flexibility index (Phi) is 5.49. The normalized spacial score (nSPS) is 16.6. The van der Waals surface area contributed by atoms with Gasteiger partial charge in [-0.1, -0.05) is 6.58 Å². The fourth-order valence-electron chi connectivity index (χ4n) is 2.89. The molecule has 1 aliphatic rings. The fourth-order valence-corrected chi connectivity index (χ4v) is 3.56. The summed E-state index contributed by atoms with van der Waals surface area (Å²) in [6, 6.07) is 5.65. The number of pyridine rings is 1. The monoisotopic (exact) mass is 368 g/mol. The van der Waals surface area contributed by atoms with Crippen molar-refractivity contribution in [1.82, 2.24) is 14.9 Å². The number of anilines is 3. The SMILES string of the molecule is C=CC(=O)N1CCC[C@H](Nc2cc(C#N)cc(Nc3ncc(C)s3)n2)C1. The lowest BCUT2D eigenvalue weighted by atomic mass is 10.1. The van der Waals surface area contributed by atoms with Gasteiger partial charge in [0.2, 0.25) is 5.91 Å². The third kappa shape index (κ3) is 4.37. The second-order valence-corrected chi connectivity index (χ2v) is 7.35. The molecule has 0 bridgehead atoms. The van der Waals surface area contributed by atoms with Crippen molar-refractivity contribution in [2.24, 2.45) is 0 Å². The molecule has 0 saturated carbocycles. The molecule has 0 aliphatic carbocycles. The van der Waals surface area contributed by atoms with E-state index >= 15 is 0 Å². The predicted molar refractivity (Wildman–Crippen MR) is 103 cm³/mol. The number of nitrogens with zero attached hydrogens (tertiary/aromatic N) is 4. The molecule has 2 N–H and O–H groups in total. The van der Waals surface area contributed by atoms with Crippen molar-refractivity contribution in [2.75, 3.05) is 23.7 Å². The van der Waals surface area contributed by atoms with Crippen molar-refractivity contribution in [3.8, 4) is 6.07 Å². The van der Waals surface area contributed by atoms with E-state index in [-0.39, 0.29) is 11.9 Å². The lowest BCUT2D eigenvalue weighted by Crippen LogP contribution is -2.44. The smallest absolute Gasteiger partial charge is 0.246 e. The van der Waals surface area contributed by atoms with E-state index in [4.69, 9.17) is 0 Å². The molecule has 0 spiro atoms. The van der Waals surface area contributed by atoms with Crippen LogP contribution in [0, 0.1) is 18.3 Å². The molecule has 134 valence electrons. The van der Waals surface area contributed by atoms with Gasteiger partial charge in [-0.3, -0.25) is 4.79 Å². The van der Waals surface area contributed by atoms with E-state index in [9.17, 15) is 10.1 Å². The molecule has 1 saturated heterocycles. The van der Waals surface area contributed by atoms with Crippen LogP contribution in [0.15, 0.2) is 31.0 Å². The summed E-state index contributed by atoms with van der Waals surface area (Å²) in [6.45, 7) is 6.86. The van der Waals surface area contributed by atoms with E-state index in [2.05, 4.69) is 33.2 Å². The average Bonchev–Trinajstić information content (AvgIpc) is 3.05. The molecule has 1 amide bonds. The first kappa shape index (κ1) is 17.9. The summed E-state index contributed by atoms with van der Waals surface area (Å²) in [5.74, 6) is 1.12. The predicted octanol–water partition coefficient (Wildman–Crippen LogP) is 3.05. The van der Waals surface area contributed by atoms with Crippen LogP contribution in [-0.2, 0) is 4.79 Å². The average molecular weight is 368 g/mol. The number of amides is 1. The second-order valence-electron chi connectivity index (χ2n) is 6.11. The molecule has 0 aromatic carbocycles. The highest BCUT2D eigenvalue weighted by Crippen LogP contribution is 2.23. The summed E-state index contributed by atoms with van der Waals surface area (Å²) in [6.07, 6.45) is 4.98. The first-order valence-electron chi connectivity index (χ1n) is 8.37. The molecule has 7 nitrogen and oxygen atoms in total. The first-order valence-corrected chi connectivity index (χ1v) is 9.18. The van der Waals surface area contributed by atoms with Crippen LogP contribution in [0.2, 0.25) is 0 Å². The van der Waals surface area contributed by atoms with Gasteiger partial charge in [-0.25, -0.2) is 9.97 Å². The van der Waals surface area contributed by atoms with E-state index in [1.807, 2.05) is 6.92 Å². The number of carbonyl (C=O) groups is 1. The van der Waals surface area contributed by atoms with Crippen LogP contribution in [0.5, 0.6) is 0 Å². The summed E-state index contributed by atoms with van der Waals surface area (Å²) < 4.78 is 0. The van der Waals surface area contributed by atoms with Gasteiger partial charge in [-0.2, -0.15) is 5.26 Å². The number of piperidine rings is 1. The number of carbonyl (C=O) groups excluding carboxylic acids is 1. The van der Waals surface area contributed by atoms with Gasteiger partial charge in [-0.15, -0.1) is 11.3 Å². The number of hydrogen-bond acceptors (Lipinski definition) is 7. The van der Waals surface area contributed by atoms with Crippen molar-refractivity contribution in [1.29, 1.82) is 5.26 Å². The van der Waals surface area contributed by atoms with Gasteiger partial charge in [0, 0.05) is 30.2 Å². The van der Waals surface area contributed by atoms with Crippen molar-refractivity contribution in [3.05, 3.63) is 41.4 Å². The molecule has 8 heteroatoms. The highest BCUT2D eigenvalue weighted by Gasteiger charge is 2.22. The van der Waals surface area contributed by atoms with Crippen LogP contribution in [-0.4, -0.2) is 39.9 Å². The van der Waals surface area contributed by atoms with Crippen LogP contribution in [0.1, 0.15) is 23.3 Å². The molecule has 2 aromatic rings. The van der Waals surface area contributed by atoms with Crippen LogP contribution in [0.25, 0.3) is 0 Å². The van der Waals surface area contributed by atoms with Crippen LogP contribution < -0.4 is 10.6 Å². The molecule has 3 rings (SSSR count). The standard InChI is InChI=1S/C18H20N6OS/c1-3-17(25)24-6-4-5-14(11-24)21-15-7-13(9-19)8-16(22-15)23-18-20-10-12(2)26-18/h3,7-8,10,14H,1,4-6,11H2,2H3,(H2,20,21,22,23)/t14-/m0/s1. The number of hydrogen-bond donors (Lipinski definition) is 2. The Bertz CT molecular complexity index is 856. The van der Waals surface area contributed by atoms with E-state index in [1.165, 1.54) is 17.4 Å². The maximum atomic E-state index is 11.8. The zero-order chi connectivity index (χ0) is 18.5. The summed E-state index contributed by atoms with van der Waals surface area (Å²) in [5, 5.41) is 16.5. The third-order valence-electron chi connectivity index (χ3n) is 4.07. The Hall–Kier alpha value is -2.92. The maximum Gasteiger partial charge on any atom is 0.246 e. The number of likely N-dealkylation sites (tertiary alicyclic amines) is 1. The van der Waals surface area contributed by atoms with Crippen molar-refractivity contribution < 1.29 is 4.79 Å². The van der Waals surface area contributed by atoms with Gasteiger partial charge in [0.05, 0.1) is 11.6 Å². The van der Waals surface area contributed by atoms with Gasteiger partial charge in [0.25, 0.3) is 0 Å². The van der Waals surface area contributed by atoms with Gasteiger partial charge in [0.15, 0.2) is 5.13 Å². The highest BCUT2D eigenvalue weighted by atomic mass is 32.1. The van der Waals surface area contributed by atoms with E-state index in [0.717, 1.165) is 29.4 Å². The quantitative estimate of drug-likeness (QED) is 0.788. The topological polar surface area (TPSA) is 93.9 Å². The number of rotatable bonds is 5. The molecule has 2 aromatic heterocycles. The lowest BCUT2D eigenvalue weighted by Gasteiger charge is -2.32. The van der Waals surface area contributed by atoms with Gasteiger partial charge in [-0.05, 0) is 38.0 Å². The Morgan fingerprint density at radius 1 is 1.50 bits per heavy atom. The summed E-state index contributed by atoms with van der Waals surface area (Å²) >= 11 is 1.52. The second kappa shape index (κ2) is 7.97. The molecule has 1 atom stereocenters. The molecule has 0 unspecified atom stereocenters. The molecular formula is C18H20N6OS. The summed E-state index contributed by atoms with van der Waals surface area (Å²) in [5.41, 5.74) is 0.508. The zero-order valence-corrected chi connectivity index (χ0v) is 15.3. The minimum Gasteiger partial charge on any atom is -0.365 e. The molecule has 26 heavy (non-hydrogen) atoms. The van der Waals surface area contributed by atoms with E-state index in [0.29, 0.717) is 23.7 Å². The summed E-state index contributed by atoms with van der Waals surface area (Å²) in [7, 11) is 0. The van der Waals surface area contributed by atoms with Crippen molar-refractivity contribution >= 4 is 34.0 Å². The van der Waals surface area contributed by atoms with Gasteiger partial charge in [0.1, 0.15) is 11.6 Å². The summed E-state index contributed by atoms with van der Waals surface area (Å²) in [4.78, 5) is 23.5. The number of aromatic nitrogens is 2. The number of aryl methyl sites for hydroxylation is 1. The molecular weight excluding hydrogens is 348 g/mol. The molecule has 1 fully saturated rings. The molecule has 0 radical (unpaired) electrons. The van der Waals surface area contributed by atoms with E-state index in [1.54, 1.807) is 23.2 Å². The molecule has 1 aliphatic heterocycles. The first-order chi connectivity index (χ1) is 12.6. The highest BCUT2D eigenvalue weighted by molar-refractivity contribution is 7.15. The lowest BCUT2D eigenvalue weighted by molar-refractivity contribution is -0.127. The van der Waals surface area contributed by atoms with Crippen LogP contribution in [0.3, 0.4) is 0 Å². The number of nitriles is 1. The van der Waals surface area contributed by atoms with Crippen molar-refractivity contribution in [3.63, 3.8) is 0 Å². The molecule has 3 heterocycles. The zero-order valence-electron chi connectivity index (χ0n) is 14.5. The van der Waals surface area contributed by atoms with Crippen LogP contribution in [0.4, 0.5) is 16.8 Å². The van der Waals surface area contributed by atoms with Gasteiger partial charge >= 0.3 is 0 Å². The fraction of sp³-hybridized carbons (Fsp3) is 0.333. The maximum absolute atomic E-state index is 11.8. The minimum absolute atomic E-state index is 0.0586. The van der Waals surface area contributed by atoms with E-state index < -0.39 is 0 Å². The Balaban J connectivity index is 1.74. The minimum atomic E-state index is -0.0586. The number of thiazole rings is 1. The third-order valence-corrected chi connectivity index (χ3v) is 4.90. The number of nitrogens with one attached hydrogen (secondary N) is 2. The Labute approximate surface area is 156 Å². The van der Waals surface area contributed by atoms with Gasteiger partial charge < -0.3 is 15.5 Å². The Morgan fingerprint density at radius 3 is 3.00 bits per heavy atom. The Morgan fingerprint density at radius 2 is 2.31 bits per heavy atom. The van der Waals surface area contributed by atoms with Crippen molar-refractivity contribution in [2.45, 2.75) is 25.8 Å². The van der Waals surface area contributed by atoms with Crippen LogP contribution >= 0.6 is 11.3 Å².